The zero-order valence-corrected chi connectivity index (χ0v) is 15.5. The Balaban J connectivity index is 1.95. The number of carbonyl (C=O) groups excluding carboxylic acids is 1. The molecule has 0 fully saturated rings. The third kappa shape index (κ3) is 4.15. The van der Waals surface area contributed by atoms with Gasteiger partial charge in [0.25, 0.3) is 5.56 Å². The van der Waals surface area contributed by atoms with Gasteiger partial charge in [-0.1, -0.05) is 32.8 Å². The molecule has 1 aliphatic carbocycles. The molecule has 3 rings (SSSR count). The van der Waals surface area contributed by atoms with Crippen molar-refractivity contribution in [3.05, 3.63) is 55.9 Å². The molecular formula is C17H15BrF3N3O3. The van der Waals surface area contributed by atoms with Gasteiger partial charge in [-0.2, -0.15) is 13.2 Å². The number of halogens is 4. The van der Waals surface area contributed by atoms with Gasteiger partial charge < -0.3 is 10.6 Å². The van der Waals surface area contributed by atoms with E-state index in [0.29, 0.717) is 25.0 Å². The molecule has 144 valence electrons. The van der Waals surface area contributed by atoms with Gasteiger partial charge in [-0.05, 0) is 43.4 Å². The second-order valence-electron chi connectivity index (χ2n) is 6.23. The number of aromatic nitrogens is 2. The molecule has 1 atom stereocenters. The van der Waals surface area contributed by atoms with Crippen LogP contribution in [0.3, 0.4) is 0 Å². The fraction of sp³-hybridized carbons (Fsp3) is 0.353. The van der Waals surface area contributed by atoms with Crippen LogP contribution < -0.4 is 16.1 Å². The summed E-state index contributed by atoms with van der Waals surface area (Å²) >= 11 is 3.40. The van der Waals surface area contributed by atoms with Crippen LogP contribution in [0.4, 0.5) is 19.1 Å². The number of nitrogen functional groups attached to an aromatic ring is 1. The largest absolute Gasteiger partial charge is 0.493 e. The van der Waals surface area contributed by atoms with Gasteiger partial charge in [0.15, 0.2) is 0 Å². The van der Waals surface area contributed by atoms with Crippen molar-refractivity contribution in [1.82, 2.24) is 9.71 Å². The zero-order valence-electron chi connectivity index (χ0n) is 13.9. The van der Waals surface area contributed by atoms with Crippen molar-refractivity contribution < 1.29 is 22.8 Å². The highest BCUT2D eigenvalue weighted by Crippen LogP contribution is 2.32. The molecular weight excluding hydrogens is 431 g/mol. The Kier molecular flexibility index (Phi) is 5.27. The van der Waals surface area contributed by atoms with E-state index in [1.54, 1.807) is 0 Å². The number of nitrogens with two attached hydrogens (primary N) is 1. The molecule has 10 heteroatoms. The molecule has 0 spiro atoms. The quantitative estimate of drug-likeness (QED) is 0.784. The topological polar surface area (TPSA) is 87.2 Å². The van der Waals surface area contributed by atoms with Crippen LogP contribution in [0, 0.1) is 0 Å². The number of anilines is 1. The third-order valence-corrected chi connectivity index (χ3v) is 4.83. The lowest BCUT2D eigenvalue weighted by Crippen LogP contribution is -2.42. The minimum Gasteiger partial charge on any atom is -0.367 e. The maximum absolute atomic E-state index is 12.5. The van der Waals surface area contributed by atoms with Gasteiger partial charge in [0.2, 0.25) is 5.95 Å². The molecule has 6 nitrogen and oxygen atoms in total. The molecule has 1 unspecified atom stereocenters. The van der Waals surface area contributed by atoms with Crippen molar-refractivity contribution in [2.45, 2.75) is 37.8 Å². The first-order valence-electron chi connectivity index (χ1n) is 8.12. The predicted octanol–water partition coefficient (Wildman–Crippen LogP) is 2.77. The average Bonchev–Trinajstić information content (AvgIpc) is 2.58. The molecule has 2 aromatic rings. The first kappa shape index (κ1) is 19.4. The molecule has 27 heavy (non-hydrogen) atoms. The average molecular weight is 446 g/mol. The van der Waals surface area contributed by atoms with Crippen LogP contribution in [-0.4, -0.2) is 21.9 Å². The summed E-state index contributed by atoms with van der Waals surface area (Å²) in [7, 11) is 0. The van der Waals surface area contributed by atoms with Crippen molar-refractivity contribution in [3.63, 3.8) is 0 Å². The molecule has 0 aliphatic heterocycles. The first-order valence-corrected chi connectivity index (χ1v) is 8.91. The molecule has 0 amide bonds. The summed E-state index contributed by atoms with van der Waals surface area (Å²) in [6.45, 7) is 0. The van der Waals surface area contributed by atoms with Crippen LogP contribution in [0.15, 0.2) is 33.5 Å². The lowest BCUT2D eigenvalue weighted by Gasteiger charge is -2.25. The number of nitrogens with zero attached hydrogens (tertiary/aromatic N) is 2. The third-order valence-electron chi connectivity index (χ3n) is 4.34. The highest BCUT2D eigenvalue weighted by Gasteiger charge is 2.43. The smallest absolute Gasteiger partial charge is 0.367 e. The minimum atomic E-state index is -5.25. The van der Waals surface area contributed by atoms with Crippen molar-refractivity contribution in [2.24, 2.45) is 0 Å². The second-order valence-corrected chi connectivity index (χ2v) is 7.15. The second kappa shape index (κ2) is 7.34. The maximum atomic E-state index is 12.5. The SMILES string of the molecule is Nc1nc2c(c(=O)n1OC(=O)C(F)(F)F)CCCC2Cc1cccc(Br)c1. The van der Waals surface area contributed by atoms with Crippen molar-refractivity contribution >= 4 is 27.8 Å². The predicted molar refractivity (Wildman–Crippen MR) is 94.1 cm³/mol. The Morgan fingerprint density at radius 2 is 2.15 bits per heavy atom. The number of fused-ring (bicyclic) bond motifs is 1. The van der Waals surface area contributed by atoms with Crippen LogP contribution in [0.5, 0.6) is 0 Å². The number of hydrogen-bond acceptors (Lipinski definition) is 5. The Morgan fingerprint density at radius 1 is 1.41 bits per heavy atom. The lowest BCUT2D eigenvalue weighted by molar-refractivity contribution is -0.200. The Morgan fingerprint density at radius 3 is 2.81 bits per heavy atom. The van der Waals surface area contributed by atoms with Crippen LogP contribution in [-0.2, 0) is 17.6 Å². The highest BCUT2D eigenvalue weighted by atomic mass is 79.9. The molecule has 0 saturated carbocycles. The van der Waals surface area contributed by atoms with E-state index in [-0.39, 0.29) is 16.2 Å². The summed E-state index contributed by atoms with van der Waals surface area (Å²) in [5.74, 6) is -3.22. The molecule has 1 aliphatic rings. The van der Waals surface area contributed by atoms with Crippen LogP contribution in [0.25, 0.3) is 0 Å². The summed E-state index contributed by atoms with van der Waals surface area (Å²) in [5.41, 5.74) is 6.43. The van der Waals surface area contributed by atoms with Crippen molar-refractivity contribution in [1.29, 1.82) is 0 Å². The standard InChI is InChI=1S/C17H15BrF3N3O3/c18-11-5-1-3-9(8-11)7-10-4-2-6-12-13(10)23-16(22)24(14(12)25)27-15(26)17(19,20)21/h1,3,5,8,10H,2,4,6-7H2,(H2,22,23). The molecule has 0 bridgehead atoms. The number of hydrogen-bond donors (Lipinski definition) is 1. The normalized spacial score (nSPS) is 16.7. The van der Waals surface area contributed by atoms with E-state index >= 15 is 0 Å². The summed E-state index contributed by atoms with van der Waals surface area (Å²) in [6, 6.07) is 7.67. The molecule has 0 saturated heterocycles. The van der Waals surface area contributed by atoms with E-state index in [0.717, 1.165) is 16.5 Å². The van der Waals surface area contributed by atoms with E-state index in [2.05, 4.69) is 25.8 Å². The van der Waals surface area contributed by atoms with E-state index in [1.165, 1.54) is 0 Å². The van der Waals surface area contributed by atoms with Gasteiger partial charge in [-0.15, -0.1) is 0 Å². The van der Waals surface area contributed by atoms with Gasteiger partial charge >= 0.3 is 12.1 Å². The maximum Gasteiger partial charge on any atom is 0.493 e. The molecule has 1 aromatic heterocycles. The highest BCUT2D eigenvalue weighted by molar-refractivity contribution is 9.10. The fourth-order valence-electron chi connectivity index (χ4n) is 3.18. The van der Waals surface area contributed by atoms with Crippen LogP contribution in [0.1, 0.15) is 35.6 Å². The Hall–Kier alpha value is -2.36. The van der Waals surface area contributed by atoms with E-state index < -0.39 is 23.7 Å². The Bertz CT molecular complexity index is 943. The van der Waals surface area contributed by atoms with Gasteiger partial charge in [0, 0.05) is 16.0 Å². The van der Waals surface area contributed by atoms with Crippen LogP contribution in [0.2, 0.25) is 0 Å². The first-order chi connectivity index (χ1) is 12.7. The van der Waals surface area contributed by atoms with Gasteiger partial charge in [0.05, 0.1) is 5.69 Å². The number of alkyl halides is 3. The van der Waals surface area contributed by atoms with E-state index in [4.69, 9.17) is 5.73 Å². The lowest BCUT2D eigenvalue weighted by atomic mass is 9.83. The summed E-state index contributed by atoms with van der Waals surface area (Å²) < 4.78 is 38.3. The van der Waals surface area contributed by atoms with E-state index in [9.17, 15) is 22.8 Å². The van der Waals surface area contributed by atoms with Crippen molar-refractivity contribution in [2.75, 3.05) is 5.73 Å². The van der Waals surface area contributed by atoms with Crippen LogP contribution >= 0.6 is 15.9 Å². The number of rotatable bonds is 3. The summed E-state index contributed by atoms with van der Waals surface area (Å²) in [4.78, 5) is 31.8. The Labute approximate surface area is 160 Å². The van der Waals surface area contributed by atoms with E-state index in [1.807, 2.05) is 24.3 Å². The fourth-order valence-corrected chi connectivity index (χ4v) is 3.62. The molecule has 1 aromatic carbocycles. The number of benzene rings is 1. The number of carbonyl (C=O) groups is 1. The zero-order chi connectivity index (χ0) is 19.8. The summed E-state index contributed by atoms with van der Waals surface area (Å²) in [6.07, 6.45) is -2.88. The monoisotopic (exact) mass is 445 g/mol. The molecule has 2 N–H and O–H groups in total. The van der Waals surface area contributed by atoms with Crippen molar-refractivity contribution in [3.8, 4) is 0 Å². The van der Waals surface area contributed by atoms with Gasteiger partial charge in [0.1, 0.15) is 0 Å². The minimum absolute atomic E-state index is 0.106. The van der Waals surface area contributed by atoms with Gasteiger partial charge in [-0.25, -0.2) is 9.78 Å². The molecule has 0 radical (unpaired) electrons. The van der Waals surface area contributed by atoms with Gasteiger partial charge in [-0.3, -0.25) is 4.79 Å². The molecule has 1 heterocycles. The summed E-state index contributed by atoms with van der Waals surface area (Å²) in [5, 5.41) is 0.